The summed E-state index contributed by atoms with van der Waals surface area (Å²) in [5.41, 5.74) is 1.58. The molecule has 2 N–H and O–H groups in total. The van der Waals surface area contributed by atoms with Crippen molar-refractivity contribution in [2.45, 2.75) is 33.1 Å². The van der Waals surface area contributed by atoms with Crippen LogP contribution in [-0.2, 0) is 4.74 Å². The average Bonchev–Trinajstić information content (AvgIpc) is 2.47. The molecule has 4 nitrogen and oxygen atoms in total. The second kappa shape index (κ2) is 10.3. The zero-order chi connectivity index (χ0) is 14.6. The van der Waals surface area contributed by atoms with Gasteiger partial charge in [0.25, 0.3) is 5.91 Å². The number of hydrogen-bond donors (Lipinski definition) is 2. The van der Waals surface area contributed by atoms with Gasteiger partial charge in [-0.2, -0.15) is 0 Å². The number of unbranched alkanes of at least 4 members (excludes halogenated alkanes) is 1. The molecule has 1 amide bonds. The van der Waals surface area contributed by atoms with E-state index >= 15 is 0 Å². The molecule has 0 unspecified atom stereocenters. The minimum absolute atomic E-state index is 0.0323. The number of ether oxygens (including phenoxy) is 1. The molecule has 4 heteroatoms. The third-order valence-corrected chi connectivity index (χ3v) is 2.93. The maximum atomic E-state index is 12.1. The molecule has 0 aliphatic heterocycles. The van der Waals surface area contributed by atoms with Gasteiger partial charge in [-0.25, -0.2) is 0 Å². The largest absolute Gasteiger partial charge is 0.385 e. The zero-order valence-electron chi connectivity index (χ0n) is 12.6. The molecule has 1 rings (SSSR count). The molecule has 0 aromatic heterocycles. The second-order valence-electron chi connectivity index (χ2n) is 4.65. The van der Waals surface area contributed by atoms with Crippen molar-refractivity contribution in [1.29, 1.82) is 0 Å². The summed E-state index contributed by atoms with van der Waals surface area (Å²) < 4.78 is 5.46. The Morgan fingerprint density at radius 3 is 2.65 bits per heavy atom. The highest BCUT2D eigenvalue weighted by molar-refractivity contribution is 5.99. The molecule has 1 aromatic carbocycles. The lowest BCUT2D eigenvalue weighted by molar-refractivity contribution is 0.0941. The van der Waals surface area contributed by atoms with Gasteiger partial charge >= 0.3 is 0 Å². The smallest absolute Gasteiger partial charge is 0.253 e. The fourth-order valence-electron chi connectivity index (χ4n) is 1.85. The van der Waals surface area contributed by atoms with Gasteiger partial charge in [-0.15, -0.1) is 0 Å². The van der Waals surface area contributed by atoms with Crippen molar-refractivity contribution in [2.75, 3.05) is 31.6 Å². The van der Waals surface area contributed by atoms with Gasteiger partial charge in [-0.3, -0.25) is 4.79 Å². The number of rotatable bonds is 10. The van der Waals surface area contributed by atoms with Crippen LogP contribution < -0.4 is 10.6 Å². The van der Waals surface area contributed by atoms with Gasteiger partial charge < -0.3 is 15.4 Å². The first kappa shape index (κ1) is 16.5. The molecule has 0 atom stereocenters. The molecule has 0 saturated carbocycles. The second-order valence-corrected chi connectivity index (χ2v) is 4.65. The van der Waals surface area contributed by atoms with Crippen LogP contribution in [0, 0.1) is 0 Å². The molecule has 0 radical (unpaired) electrons. The lowest BCUT2D eigenvalue weighted by atomic mass is 10.1. The van der Waals surface area contributed by atoms with E-state index in [2.05, 4.69) is 17.6 Å². The molecule has 0 aliphatic rings. The Bertz CT molecular complexity index is 394. The van der Waals surface area contributed by atoms with Crippen LogP contribution in [0.5, 0.6) is 0 Å². The fraction of sp³-hybridized carbons (Fsp3) is 0.562. The highest BCUT2D eigenvalue weighted by Gasteiger charge is 2.09. The Morgan fingerprint density at radius 2 is 1.90 bits per heavy atom. The van der Waals surface area contributed by atoms with E-state index in [0.717, 1.165) is 38.1 Å². The van der Waals surface area contributed by atoms with Crippen LogP contribution in [0.4, 0.5) is 5.69 Å². The Morgan fingerprint density at radius 1 is 1.15 bits per heavy atom. The fourth-order valence-corrected chi connectivity index (χ4v) is 1.85. The number of para-hydroxylation sites is 1. The molecular formula is C16H26N2O2. The summed E-state index contributed by atoms with van der Waals surface area (Å²) in [6.45, 7) is 7.12. The van der Waals surface area contributed by atoms with Crippen LogP contribution in [0.15, 0.2) is 24.3 Å². The first-order valence-electron chi connectivity index (χ1n) is 7.48. The molecule has 112 valence electrons. The SMILES string of the molecule is CCCCOCCCNC(=O)c1ccccc1NCC. The van der Waals surface area contributed by atoms with E-state index in [9.17, 15) is 4.79 Å². The lowest BCUT2D eigenvalue weighted by Gasteiger charge is -2.11. The minimum Gasteiger partial charge on any atom is -0.385 e. The van der Waals surface area contributed by atoms with E-state index in [4.69, 9.17) is 4.74 Å². The number of nitrogens with one attached hydrogen (secondary N) is 2. The summed E-state index contributed by atoms with van der Waals surface area (Å²) >= 11 is 0. The van der Waals surface area contributed by atoms with Crippen LogP contribution >= 0.6 is 0 Å². The van der Waals surface area contributed by atoms with Crippen molar-refractivity contribution in [3.8, 4) is 0 Å². The Balaban J connectivity index is 2.29. The predicted octanol–water partition coefficient (Wildman–Crippen LogP) is 3.06. The maximum Gasteiger partial charge on any atom is 0.253 e. The van der Waals surface area contributed by atoms with Crippen LogP contribution in [0.3, 0.4) is 0 Å². The summed E-state index contributed by atoms with van der Waals surface area (Å²) in [5.74, 6) is -0.0323. The van der Waals surface area contributed by atoms with E-state index in [1.807, 2.05) is 31.2 Å². The number of hydrogen-bond acceptors (Lipinski definition) is 3. The standard InChI is InChI=1S/C16H26N2O2/c1-3-5-12-20-13-8-11-18-16(19)14-9-6-7-10-15(14)17-4-2/h6-7,9-10,17H,3-5,8,11-13H2,1-2H3,(H,18,19). The molecule has 20 heavy (non-hydrogen) atoms. The summed E-state index contributed by atoms with van der Waals surface area (Å²) in [4.78, 5) is 12.1. The normalized spacial score (nSPS) is 10.3. The first-order valence-corrected chi connectivity index (χ1v) is 7.48. The number of amides is 1. The molecular weight excluding hydrogens is 252 g/mol. The van der Waals surface area contributed by atoms with E-state index in [-0.39, 0.29) is 5.91 Å². The highest BCUT2D eigenvalue weighted by atomic mass is 16.5. The van der Waals surface area contributed by atoms with Crippen molar-refractivity contribution in [1.82, 2.24) is 5.32 Å². The summed E-state index contributed by atoms with van der Waals surface area (Å²) in [6.07, 6.45) is 3.10. The van der Waals surface area contributed by atoms with Crippen molar-refractivity contribution in [3.63, 3.8) is 0 Å². The number of benzene rings is 1. The Labute approximate surface area is 121 Å². The summed E-state index contributed by atoms with van der Waals surface area (Å²) in [6, 6.07) is 7.57. The van der Waals surface area contributed by atoms with Crippen LogP contribution in [0.2, 0.25) is 0 Å². The van der Waals surface area contributed by atoms with Crippen LogP contribution in [-0.4, -0.2) is 32.2 Å². The van der Waals surface area contributed by atoms with Crippen LogP contribution in [0.25, 0.3) is 0 Å². The van der Waals surface area contributed by atoms with Gasteiger partial charge in [0.1, 0.15) is 0 Å². The molecule has 0 aliphatic carbocycles. The third-order valence-electron chi connectivity index (χ3n) is 2.93. The topological polar surface area (TPSA) is 50.4 Å². The molecule has 0 fully saturated rings. The first-order chi connectivity index (χ1) is 9.79. The van der Waals surface area contributed by atoms with Gasteiger partial charge in [0.2, 0.25) is 0 Å². The van der Waals surface area contributed by atoms with E-state index in [1.165, 1.54) is 0 Å². The lowest BCUT2D eigenvalue weighted by Crippen LogP contribution is -2.26. The van der Waals surface area contributed by atoms with Gasteiger partial charge in [0, 0.05) is 32.0 Å². The van der Waals surface area contributed by atoms with Gasteiger partial charge in [-0.05, 0) is 31.9 Å². The van der Waals surface area contributed by atoms with E-state index < -0.39 is 0 Å². The zero-order valence-corrected chi connectivity index (χ0v) is 12.6. The molecule has 0 saturated heterocycles. The molecule has 0 bridgehead atoms. The number of anilines is 1. The summed E-state index contributed by atoms with van der Waals surface area (Å²) in [5, 5.41) is 6.13. The summed E-state index contributed by atoms with van der Waals surface area (Å²) in [7, 11) is 0. The van der Waals surface area contributed by atoms with Crippen molar-refractivity contribution in [3.05, 3.63) is 29.8 Å². The Hall–Kier alpha value is -1.55. The number of carbonyl (C=O) groups is 1. The van der Waals surface area contributed by atoms with Crippen LogP contribution in [0.1, 0.15) is 43.5 Å². The minimum atomic E-state index is -0.0323. The molecule has 0 spiro atoms. The molecule has 1 aromatic rings. The van der Waals surface area contributed by atoms with E-state index in [1.54, 1.807) is 0 Å². The van der Waals surface area contributed by atoms with Gasteiger partial charge in [0.15, 0.2) is 0 Å². The average molecular weight is 278 g/mol. The third kappa shape index (κ3) is 6.06. The van der Waals surface area contributed by atoms with Gasteiger partial charge in [0.05, 0.1) is 5.56 Å². The Kier molecular flexibility index (Phi) is 8.47. The van der Waals surface area contributed by atoms with Gasteiger partial charge in [-0.1, -0.05) is 25.5 Å². The van der Waals surface area contributed by atoms with Crippen molar-refractivity contribution in [2.24, 2.45) is 0 Å². The van der Waals surface area contributed by atoms with E-state index in [0.29, 0.717) is 18.7 Å². The predicted molar refractivity (Wildman–Crippen MR) is 83.3 cm³/mol. The monoisotopic (exact) mass is 278 g/mol. The molecule has 0 heterocycles. The van der Waals surface area contributed by atoms with Crippen molar-refractivity contribution >= 4 is 11.6 Å². The van der Waals surface area contributed by atoms with Crippen molar-refractivity contribution < 1.29 is 9.53 Å². The quantitative estimate of drug-likeness (QED) is 0.647. The maximum absolute atomic E-state index is 12.1. The number of carbonyl (C=O) groups excluding carboxylic acids is 1. The highest BCUT2D eigenvalue weighted by Crippen LogP contribution is 2.14.